The number of hydrogen-bond donors (Lipinski definition) is 3. The number of nitrogens with one attached hydrogen (secondary N) is 1. The van der Waals surface area contributed by atoms with Crippen molar-refractivity contribution in [3.8, 4) is 12.0 Å². The van der Waals surface area contributed by atoms with E-state index in [0.29, 0.717) is 16.6 Å². The van der Waals surface area contributed by atoms with Crippen LogP contribution in [0.4, 0.5) is 5.95 Å². The number of nitrogens with zero attached hydrogens (tertiary/aromatic N) is 2. The zero-order valence-corrected chi connectivity index (χ0v) is 10.0. The highest BCUT2D eigenvalue weighted by Crippen LogP contribution is 2.13. The first-order valence-electron chi connectivity index (χ1n) is 5.20. The smallest absolute Gasteiger partial charge is 0.263 e. The number of fused-ring (bicyclic) bond motifs is 1. The maximum Gasteiger partial charge on any atom is 0.263 e. The van der Waals surface area contributed by atoms with Gasteiger partial charge in [-0.1, -0.05) is 13.8 Å². The second-order valence-electron chi connectivity index (χ2n) is 3.07. The Morgan fingerprint density at radius 1 is 1.47 bits per heavy atom. The molecule has 0 saturated heterocycles. The van der Waals surface area contributed by atoms with Gasteiger partial charge in [0, 0.05) is 19.3 Å². The van der Waals surface area contributed by atoms with E-state index >= 15 is 0 Å². The Labute approximate surface area is 98.6 Å². The average molecular weight is 233 g/mol. The van der Waals surface area contributed by atoms with Gasteiger partial charge in [-0.2, -0.15) is 4.98 Å². The summed E-state index contributed by atoms with van der Waals surface area (Å²) in [6.45, 7) is 4.00. The maximum atomic E-state index is 11.6. The van der Waals surface area contributed by atoms with Crippen LogP contribution >= 0.6 is 0 Å². The quantitative estimate of drug-likeness (QED) is 0.444. The molecule has 2 aromatic rings. The highest BCUT2D eigenvalue weighted by Gasteiger charge is 2.10. The molecule has 17 heavy (non-hydrogen) atoms. The summed E-state index contributed by atoms with van der Waals surface area (Å²) in [6.07, 6.45) is 1.69. The van der Waals surface area contributed by atoms with E-state index in [2.05, 4.69) is 21.9 Å². The fourth-order valence-electron chi connectivity index (χ4n) is 1.47. The van der Waals surface area contributed by atoms with Crippen LogP contribution < -0.4 is 17.0 Å². The lowest BCUT2D eigenvalue weighted by atomic mass is 10.2. The van der Waals surface area contributed by atoms with Gasteiger partial charge in [0.1, 0.15) is 0 Å². The summed E-state index contributed by atoms with van der Waals surface area (Å²) in [4.78, 5) is 18.0. The van der Waals surface area contributed by atoms with Gasteiger partial charge in [0.15, 0.2) is 5.65 Å². The van der Waals surface area contributed by atoms with Crippen LogP contribution in [0.2, 0.25) is 0 Å². The van der Waals surface area contributed by atoms with Gasteiger partial charge in [0.25, 0.3) is 5.56 Å². The Hall–Kier alpha value is -2.42. The Balaban J connectivity index is 0.000000686. The van der Waals surface area contributed by atoms with E-state index in [0.717, 1.165) is 0 Å². The van der Waals surface area contributed by atoms with Crippen molar-refractivity contribution in [2.24, 2.45) is 12.8 Å². The second kappa shape index (κ2) is 5.07. The predicted molar refractivity (Wildman–Crippen MR) is 68.2 cm³/mol. The molecule has 0 aliphatic rings. The highest BCUT2D eigenvalue weighted by molar-refractivity contribution is 5.83. The molecule has 0 aromatic carbocycles. The van der Waals surface area contributed by atoms with Crippen LogP contribution in [0, 0.1) is 12.0 Å². The number of nitrogens with two attached hydrogens (primary N) is 2. The molecule has 0 bridgehead atoms. The van der Waals surface area contributed by atoms with Crippen LogP contribution in [0.3, 0.4) is 0 Å². The number of rotatable bonds is 0. The standard InChI is InChI=1S/C9H9N5O.C2H6/c1-14-4-5(2-3-10)6-7(14)12-9(11)13-8(6)15;1-2/h4H,10H2,1H3,(H3,11,12,13,15);1-2H3. The molecule has 6 heteroatoms. The lowest BCUT2D eigenvalue weighted by molar-refractivity contribution is 0.943. The van der Waals surface area contributed by atoms with Gasteiger partial charge >= 0.3 is 0 Å². The zero-order chi connectivity index (χ0) is 13.0. The first-order chi connectivity index (χ1) is 8.13. The van der Waals surface area contributed by atoms with Crippen molar-refractivity contribution in [3.63, 3.8) is 0 Å². The third-order valence-corrected chi connectivity index (χ3v) is 2.05. The van der Waals surface area contributed by atoms with Crippen molar-refractivity contribution in [1.82, 2.24) is 14.5 Å². The molecular weight excluding hydrogens is 218 g/mol. The molecule has 0 spiro atoms. The number of aromatic nitrogens is 3. The van der Waals surface area contributed by atoms with Crippen LogP contribution in [-0.4, -0.2) is 14.5 Å². The minimum Gasteiger partial charge on any atom is -0.369 e. The first kappa shape index (κ1) is 12.6. The van der Waals surface area contributed by atoms with Crippen molar-refractivity contribution in [3.05, 3.63) is 22.1 Å². The molecule has 0 aliphatic carbocycles. The zero-order valence-electron chi connectivity index (χ0n) is 10.0. The Morgan fingerprint density at radius 2 is 2.12 bits per heavy atom. The fraction of sp³-hybridized carbons (Fsp3) is 0.273. The van der Waals surface area contributed by atoms with E-state index in [1.807, 2.05) is 13.8 Å². The molecule has 0 saturated carbocycles. The molecule has 0 aliphatic heterocycles. The topological polar surface area (TPSA) is 103 Å². The van der Waals surface area contributed by atoms with E-state index < -0.39 is 0 Å². The largest absolute Gasteiger partial charge is 0.369 e. The highest BCUT2D eigenvalue weighted by atomic mass is 16.1. The van der Waals surface area contributed by atoms with E-state index in [9.17, 15) is 4.79 Å². The van der Waals surface area contributed by atoms with Gasteiger partial charge in [0.2, 0.25) is 5.95 Å². The van der Waals surface area contributed by atoms with E-state index in [1.165, 1.54) is 0 Å². The molecule has 0 atom stereocenters. The summed E-state index contributed by atoms with van der Waals surface area (Å²) < 4.78 is 1.68. The lowest BCUT2D eigenvalue weighted by Gasteiger charge is -1.95. The average Bonchev–Trinajstić information content (AvgIpc) is 2.59. The van der Waals surface area contributed by atoms with Gasteiger partial charge < -0.3 is 16.0 Å². The maximum absolute atomic E-state index is 11.6. The molecule has 2 aromatic heterocycles. The van der Waals surface area contributed by atoms with E-state index in [1.54, 1.807) is 17.8 Å². The monoisotopic (exact) mass is 233 g/mol. The van der Waals surface area contributed by atoms with Gasteiger partial charge in [-0.25, -0.2) is 0 Å². The number of aromatic amines is 1. The minimum atomic E-state index is -0.309. The third kappa shape index (κ3) is 2.23. The third-order valence-electron chi connectivity index (χ3n) is 2.05. The lowest BCUT2D eigenvalue weighted by Crippen LogP contribution is -2.11. The van der Waals surface area contributed by atoms with E-state index in [4.69, 9.17) is 11.5 Å². The van der Waals surface area contributed by atoms with Crippen LogP contribution in [0.25, 0.3) is 11.0 Å². The van der Waals surface area contributed by atoms with Crippen molar-refractivity contribution in [1.29, 1.82) is 0 Å². The molecule has 6 nitrogen and oxygen atoms in total. The molecule has 2 heterocycles. The first-order valence-corrected chi connectivity index (χ1v) is 5.20. The van der Waals surface area contributed by atoms with Crippen LogP contribution in [0.5, 0.6) is 0 Å². The van der Waals surface area contributed by atoms with Gasteiger partial charge in [0.05, 0.1) is 10.9 Å². The molecule has 0 unspecified atom stereocenters. The van der Waals surface area contributed by atoms with Gasteiger partial charge in [-0.3, -0.25) is 9.78 Å². The second-order valence-corrected chi connectivity index (χ2v) is 3.07. The summed E-state index contributed by atoms with van der Waals surface area (Å²) in [5, 5.41) is 0.407. The van der Waals surface area contributed by atoms with Crippen molar-refractivity contribution in [2.75, 3.05) is 5.73 Å². The van der Waals surface area contributed by atoms with Crippen molar-refractivity contribution < 1.29 is 0 Å². The fourth-order valence-corrected chi connectivity index (χ4v) is 1.47. The molecule has 0 amide bonds. The number of nitrogen functional groups attached to an aromatic ring is 1. The molecule has 2 rings (SSSR count). The Bertz CT molecular complexity index is 641. The summed E-state index contributed by atoms with van der Waals surface area (Å²) in [5.74, 6) is 2.72. The molecule has 0 radical (unpaired) electrons. The number of H-pyrrole nitrogens is 1. The summed E-state index contributed by atoms with van der Waals surface area (Å²) in [5.41, 5.74) is 11.3. The number of hydrogen-bond acceptors (Lipinski definition) is 4. The Kier molecular flexibility index (Phi) is 3.78. The summed E-state index contributed by atoms with van der Waals surface area (Å²) in [7, 11) is 1.76. The van der Waals surface area contributed by atoms with Gasteiger partial charge in [-0.15, -0.1) is 0 Å². The molecular formula is C11H15N5O. The SMILES string of the molecule is CC.Cn1cc(C#CN)c2c(=O)[nH]c(N)nc21. The Morgan fingerprint density at radius 3 is 2.71 bits per heavy atom. The molecule has 90 valence electrons. The molecule has 5 N–H and O–H groups in total. The van der Waals surface area contributed by atoms with Gasteiger partial charge in [-0.05, 0) is 5.92 Å². The minimum absolute atomic E-state index is 0.0842. The number of anilines is 1. The van der Waals surface area contributed by atoms with Crippen molar-refractivity contribution in [2.45, 2.75) is 13.8 Å². The van der Waals surface area contributed by atoms with Crippen molar-refractivity contribution >= 4 is 17.0 Å². The number of aryl methyl sites for hydroxylation is 1. The van der Waals surface area contributed by atoms with E-state index in [-0.39, 0.29) is 11.5 Å². The summed E-state index contributed by atoms with van der Waals surface area (Å²) in [6, 6.07) is 2.26. The van der Waals surface area contributed by atoms with Crippen LogP contribution in [0.1, 0.15) is 19.4 Å². The normalized spacial score (nSPS) is 9.12. The predicted octanol–water partition coefficient (Wildman–Crippen LogP) is 0.138. The van der Waals surface area contributed by atoms with Crippen LogP contribution in [0.15, 0.2) is 11.0 Å². The van der Waals surface area contributed by atoms with Crippen LogP contribution in [-0.2, 0) is 7.05 Å². The summed E-state index contributed by atoms with van der Waals surface area (Å²) >= 11 is 0. The molecule has 0 fully saturated rings.